The largest absolute Gasteiger partial charge is 0.508 e. The van der Waals surface area contributed by atoms with Crippen molar-refractivity contribution in [2.75, 3.05) is 0 Å². The van der Waals surface area contributed by atoms with Gasteiger partial charge < -0.3 is 29.9 Å². The van der Waals surface area contributed by atoms with Crippen LogP contribution in [0.25, 0.3) is 0 Å². The number of carbonyl (C=O) groups excluding carboxylic acids is 2. The lowest BCUT2D eigenvalue weighted by atomic mass is 9.65. The van der Waals surface area contributed by atoms with Crippen LogP contribution in [-0.4, -0.2) is 32.4 Å². The van der Waals surface area contributed by atoms with Crippen LogP contribution in [0.5, 0.6) is 34.5 Å². The maximum Gasteiger partial charge on any atom is 0.316 e. The lowest BCUT2D eigenvalue weighted by Gasteiger charge is -2.41. The summed E-state index contributed by atoms with van der Waals surface area (Å²) in [5, 5.41) is 39.9. The zero-order valence-corrected chi connectivity index (χ0v) is 19.8. The molecule has 0 aromatic heterocycles. The van der Waals surface area contributed by atoms with Crippen LogP contribution < -0.4 is 9.47 Å². The van der Waals surface area contributed by atoms with Crippen LogP contribution in [0, 0.1) is 11.8 Å². The SMILES string of the molecule is O=C1Oc2cc(O)ccc2[C@H](c2ccc(O)cc2)[C@@H]1[C@@H]1C(=O)Oc2cc(O)ccc2[C@@H]1c1ccc(O)cc1. The Hall–Kier alpha value is -4.98. The van der Waals surface area contributed by atoms with Crippen molar-refractivity contribution < 1.29 is 39.5 Å². The number of carbonyl (C=O) groups is 2. The summed E-state index contributed by atoms with van der Waals surface area (Å²) in [5.74, 6) is -4.51. The molecule has 0 aliphatic carbocycles. The first-order chi connectivity index (χ1) is 18.3. The van der Waals surface area contributed by atoms with Gasteiger partial charge in [-0.2, -0.15) is 0 Å². The Morgan fingerprint density at radius 1 is 0.474 bits per heavy atom. The number of esters is 2. The van der Waals surface area contributed by atoms with Crippen molar-refractivity contribution >= 4 is 11.9 Å². The van der Waals surface area contributed by atoms with Crippen LogP contribution in [0.3, 0.4) is 0 Å². The monoisotopic (exact) mass is 510 g/mol. The zero-order valence-electron chi connectivity index (χ0n) is 19.8. The molecule has 4 aromatic carbocycles. The molecule has 38 heavy (non-hydrogen) atoms. The van der Waals surface area contributed by atoms with Crippen LogP contribution >= 0.6 is 0 Å². The Balaban J connectivity index is 1.58. The van der Waals surface area contributed by atoms with Crippen LogP contribution in [0.1, 0.15) is 34.1 Å². The number of rotatable bonds is 3. The third-order valence-corrected chi connectivity index (χ3v) is 7.24. The highest BCUT2D eigenvalue weighted by Gasteiger charge is 2.52. The minimum Gasteiger partial charge on any atom is -0.508 e. The Labute approximate surface area is 217 Å². The van der Waals surface area contributed by atoms with E-state index in [-0.39, 0.29) is 34.5 Å². The van der Waals surface area contributed by atoms with E-state index in [4.69, 9.17) is 9.47 Å². The van der Waals surface area contributed by atoms with E-state index in [1.54, 1.807) is 36.4 Å². The van der Waals surface area contributed by atoms with Gasteiger partial charge in [-0.3, -0.25) is 9.59 Å². The van der Waals surface area contributed by atoms with Gasteiger partial charge in [0.25, 0.3) is 0 Å². The Morgan fingerprint density at radius 3 is 1.18 bits per heavy atom. The van der Waals surface area contributed by atoms with Gasteiger partial charge in [0.2, 0.25) is 0 Å². The summed E-state index contributed by atoms with van der Waals surface area (Å²) < 4.78 is 11.4. The van der Waals surface area contributed by atoms with Gasteiger partial charge in [-0.05, 0) is 47.5 Å². The van der Waals surface area contributed by atoms with Crippen molar-refractivity contribution in [3.05, 3.63) is 107 Å². The Bertz CT molecular complexity index is 1440. The van der Waals surface area contributed by atoms with Gasteiger partial charge >= 0.3 is 11.9 Å². The van der Waals surface area contributed by atoms with E-state index in [1.807, 2.05) is 0 Å². The normalized spacial score (nSPS) is 22.1. The second-order valence-electron chi connectivity index (χ2n) is 9.48. The molecule has 0 spiro atoms. The molecular weight excluding hydrogens is 488 g/mol. The molecule has 0 amide bonds. The molecule has 0 saturated heterocycles. The van der Waals surface area contributed by atoms with Crippen molar-refractivity contribution in [3.8, 4) is 34.5 Å². The molecule has 2 heterocycles. The van der Waals surface area contributed by atoms with Crippen LogP contribution in [0.15, 0.2) is 84.9 Å². The van der Waals surface area contributed by atoms with E-state index < -0.39 is 35.6 Å². The third-order valence-electron chi connectivity index (χ3n) is 7.24. The van der Waals surface area contributed by atoms with E-state index in [9.17, 15) is 30.0 Å². The second kappa shape index (κ2) is 8.85. The predicted molar refractivity (Wildman–Crippen MR) is 134 cm³/mol. The number of hydrogen-bond acceptors (Lipinski definition) is 8. The van der Waals surface area contributed by atoms with Crippen molar-refractivity contribution in [1.82, 2.24) is 0 Å². The average molecular weight is 510 g/mol. The Morgan fingerprint density at radius 2 is 0.816 bits per heavy atom. The third kappa shape index (κ3) is 3.87. The minimum atomic E-state index is -1.05. The lowest BCUT2D eigenvalue weighted by molar-refractivity contribution is -0.154. The number of hydrogen-bond donors (Lipinski definition) is 4. The van der Waals surface area contributed by atoms with Gasteiger partial charge in [0.15, 0.2) is 0 Å². The standard InChI is InChI=1S/C30H22O8/c31-17-5-1-15(2-6-17)25-21-11-9-19(33)13-23(21)37-29(35)27(25)28-26(16-3-7-18(32)8-4-16)22-12-10-20(34)14-24(22)38-30(28)36/h1-14,25-28,31-34H/t25-,26-,27+,28+/m0/s1. The summed E-state index contributed by atoms with van der Waals surface area (Å²) in [6.07, 6.45) is 0. The molecule has 0 bridgehead atoms. The highest BCUT2D eigenvalue weighted by Crippen LogP contribution is 2.53. The van der Waals surface area contributed by atoms with Gasteiger partial charge in [0.1, 0.15) is 34.5 Å². The molecule has 190 valence electrons. The lowest BCUT2D eigenvalue weighted by Crippen LogP contribution is -2.46. The van der Waals surface area contributed by atoms with Crippen LogP contribution in [-0.2, 0) is 9.59 Å². The minimum absolute atomic E-state index is 0.0439. The van der Waals surface area contributed by atoms with Gasteiger partial charge in [0.05, 0.1) is 11.8 Å². The summed E-state index contributed by atoms with van der Waals surface area (Å²) in [6, 6.07) is 21.7. The summed E-state index contributed by atoms with van der Waals surface area (Å²) >= 11 is 0. The first-order valence-corrected chi connectivity index (χ1v) is 12.0. The molecular formula is C30H22O8. The first kappa shape index (κ1) is 23.4. The van der Waals surface area contributed by atoms with Gasteiger partial charge in [0, 0.05) is 35.1 Å². The summed E-state index contributed by atoms with van der Waals surface area (Å²) in [5.41, 5.74) is 2.49. The molecule has 0 saturated carbocycles. The quantitative estimate of drug-likeness (QED) is 0.233. The van der Waals surface area contributed by atoms with E-state index >= 15 is 0 Å². The van der Waals surface area contributed by atoms with Crippen molar-refractivity contribution in [1.29, 1.82) is 0 Å². The zero-order chi connectivity index (χ0) is 26.6. The first-order valence-electron chi connectivity index (χ1n) is 12.0. The van der Waals surface area contributed by atoms with Gasteiger partial charge in [-0.15, -0.1) is 0 Å². The maximum absolute atomic E-state index is 13.7. The van der Waals surface area contributed by atoms with E-state index in [1.165, 1.54) is 48.5 Å². The maximum atomic E-state index is 13.7. The van der Waals surface area contributed by atoms with E-state index in [0.717, 1.165) is 0 Å². The van der Waals surface area contributed by atoms with Crippen molar-refractivity contribution in [2.45, 2.75) is 11.8 Å². The molecule has 0 fully saturated rings. The molecule has 2 aliphatic rings. The Kier molecular flexibility index (Phi) is 5.45. The van der Waals surface area contributed by atoms with Crippen LogP contribution in [0.2, 0.25) is 0 Å². The number of phenols is 4. The molecule has 8 nitrogen and oxygen atoms in total. The van der Waals surface area contributed by atoms with Gasteiger partial charge in [-0.25, -0.2) is 0 Å². The molecule has 4 aromatic rings. The fraction of sp³-hybridized carbons (Fsp3) is 0.133. The molecule has 4 atom stereocenters. The molecule has 0 radical (unpaired) electrons. The highest BCUT2D eigenvalue weighted by molar-refractivity contribution is 5.90. The topological polar surface area (TPSA) is 134 Å². The van der Waals surface area contributed by atoms with E-state index in [0.29, 0.717) is 22.3 Å². The molecule has 6 rings (SSSR count). The summed E-state index contributed by atoms with van der Waals surface area (Å²) in [7, 11) is 0. The smallest absolute Gasteiger partial charge is 0.316 e. The number of ether oxygens (including phenoxy) is 2. The van der Waals surface area contributed by atoms with Crippen molar-refractivity contribution in [2.24, 2.45) is 11.8 Å². The van der Waals surface area contributed by atoms with Crippen LogP contribution in [0.4, 0.5) is 0 Å². The summed E-state index contributed by atoms with van der Waals surface area (Å²) in [4.78, 5) is 27.4. The van der Waals surface area contributed by atoms with E-state index in [2.05, 4.69) is 0 Å². The molecule has 8 heteroatoms. The second-order valence-corrected chi connectivity index (χ2v) is 9.48. The molecule has 0 unspecified atom stereocenters. The number of aromatic hydroxyl groups is 4. The fourth-order valence-corrected chi connectivity index (χ4v) is 5.59. The highest BCUT2D eigenvalue weighted by atomic mass is 16.5. The molecule has 2 aliphatic heterocycles. The number of fused-ring (bicyclic) bond motifs is 2. The summed E-state index contributed by atoms with van der Waals surface area (Å²) in [6.45, 7) is 0. The predicted octanol–water partition coefficient (Wildman–Crippen LogP) is 4.54. The fourth-order valence-electron chi connectivity index (χ4n) is 5.59. The van der Waals surface area contributed by atoms with Crippen molar-refractivity contribution in [3.63, 3.8) is 0 Å². The number of benzene rings is 4. The number of phenolic OH excluding ortho intramolecular Hbond substituents is 4. The molecule has 4 N–H and O–H groups in total. The van der Waals surface area contributed by atoms with Gasteiger partial charge in [-0.1, -0.05) is 36.4 Å². The average Bonchev–Trinajstić information content (AvgIpc) is 2.88.